The van der Waals surface area contributed by atoms with E-state index in [4.69, 9.17) is 4.74 Å². The molecule has 5 nitrogen and oxygen atoms in total. The number of rotatable bonds is 7. The molecule has 1 aromatic heterocycles. The maximum Gasteiger partial charge on any atom is 0.243 e. The molecular formula is C15H19N3O2. The summed E-state index contributed by atoms with van der Waals surface area (Å²) in [7, 11) is 1.68. The van der Waals surface area contributed by atoms with Crippen molar-refractivity contribution in [3.8, 4) is 0 Å². The van der Waals surface area contributed by atoms with Crippen LogP contribution in [0.25, 0.3) is 11.0 Å². The van der Waals surface area contributed by atoms with Gasteiger partial charge in [-0.25, -0.2) is 4.98 Å². The van der Waals surface area contributed by atoms with Gasteiger partial charge in [-0.3, -0.25) is 4.79 Å². The summed E-state index contributed by atoms with van der Waals surface area (Å²) in [5.74, 6) is 0.789. The second kappa shape index (κ2) is 6.86. The lowest BCUT2D eigenvalue weighted by Crippen LogP contribution is -2.24. The molecule has 0 aliphatic carbocycles. The van der Waals surface area contributed by atoms with Crippen molar-refractivity contribution >= 4 is 16.9 Å². The molecule has 1 aromatic carbocycles. The number of hydrogen-bond donors (Lipinski definition) is 1. The number of nitrogens with zero attached hydrogens (tertiary/aromatic N) is 2. The highest BCUT2D eigenvalue weighted by atomic mass is 16.5. The van der Waals surface area contributed by atoms with Gasteiger partial charge in [0.2, 0.25) is 5.91 Å². The van der Waals surface area contributed by atoms with Gasteiger partial charge in [0.1, 0.15) is 5.82 Å². The number of ether oxygens (including phenoxy) is 1. The number of carbonyl (C=O) groups excluding carboxylic acids is 1. The molecule has 0 bridgehead atoms. The molecule has 0 aliphatic heterocycles. The molecule has 2 rings (SSSR count). The van der Waals surface area contributed by atoms with Gasteiger partial charge >= 0.3 is 0 Å². The predicted molar refractivity (Wildman–Crippen MR) is 78.5 cm³/mol. The Balaban J connectivity index is 2.17. The van der Waals surface area contributed by atoms with Gasteiger partial charge < -0.3 is 14.6 Å². The van der Waals surface area contributed by atoms with Crippen molar-refractivity contribution in [1.29, 1.82) is 0 Å². The Morgan fingerprint density at radius 2 is 2.30 bits per heavy atom. The van der Waals surface area contributed by atoms with Crippen molar-refractivity contribution in [2.75, 3.05) is 20.3 Å². The minimum Gasteiger partial charge on any atom is -0.383 e. The van der Waals surface area contributed by atoms with Crippen LogP contribution < -0.4 is 5.32 Å². The molecule has 20 heavy (non-hydrogen) atoms. The molecule has 0 fully saturated rings. The number of hydrogen-bond acceptors (Lipinski definition) is 3. The molecule has 0 radical (unpaired) electrons. The van der Waals surface area contributed by atoms with Crippen LogP contribution in [0.2, 0.25) is 0 Å². The van der Waals surface area contributed by atoms with Gasteiger partial charge in [-0.05, 0) is 18.2 Å². The van der Waals surface area contributed by atoms with Crippen LogP contribution in [0.15, 0.2) is 36.9 Å². The van der Waals surface area contributed by atoms with E-state index in [2.05, 4.69) is 21.4 Å². The number of benzene rings is 1. The summed E-state index contributed by atoms with van der Waals surface area (Å²) in [6, 6.07) is 8.00. The van der Waals surface area contributed by atoms with E-state index in [0.29, 0.717) is 19.6 Å². The van der Waals surface area contributed by atoms with Gasteiger partial charge in [-0.2, -0.15) is 0 Å². The van der Waals surface area contributed by atoms with Crippen LogP contribution in [-0.2, 0) is 22.5 Å². The van der Waals surface area contributed by atoms with Gasteiger partial charge in [-0.1, -0.05) is 18.7 Å². The topological polar surface area (TPSA) is 56.2 Å². The second-order valence-electron chi connectivity index (χ2n) is 4.41. The van der Waals surface area contributed by atoms with Crippen LogP contribution in [0.3, 0.4) is 0 Å². The molecule has 1 amide bonds. The Hall–Kier alpha value is -2.14. The number of imidazole rings is 1. The normalized spacial score (nSPS) is 10.7. The molecule has 2 aromatic rings. The monoisotopic (exact) mass is 273 g/mol. The smallest absolute Gasteiger partial charge is 0.243 e. The number of nitrogens with one attached hydrogen (secondary N) is 1. The fourth-order valence-corrected chi connectivity index (χ4v) is 2.12. The average molecular weight is 273 g/mol. The highest BCUT2D eigenvalue weighted by Crippen LogP contribution is 2.16. The fraction of sp³-hybridized carbons (Fsp3) is 0.333. The summed E-state index contributed by atoms with van der Waals surface area (Å²) in [5.41, 5.74) is 2.06. The van der Waals surface area contributed by atoms with E-state index in [1.165, 1.54) is 6.08 Å². The van der Waals surface area contributed by atoms with E-state index in [-0.39, 0.29) is 5.91 Å². The first-order valence-corrected chi connectivity index (χ1v) is 6.59. The van der Waals surface area contributed by atoms with E-state index in [0.717, 1.165) is 23.4 Å². The number of para-hydroxylation sites is 2. The van der Waals surface area contributed by atoms with Crippen LogP contribution in [0.1, 0.15) is 5.82 Å². The summed E-state index contributed by atoms with van der Waals surface area (Å²) in [4.78, 5) is 15.8. The lowest BCUT2D eigenvalue weighted by Gasteiger charge is -2.08. The van der Waals surface area contributed by atoms with Gasteiger partial charge in [0.15, 0.2) is 0 Å². The molecule has 106 valence electrons. The molecule has 5 heteroatoms. The summed E-state index contributed by atoms with van der Waals surface area (Å²) >= 11 is 0. The Bertz CT molecular complexity index is 604. The van der Waals surface area contributed by atoms with Crippen LogP contribution in [-0.4, -0.2) is 35.7 Å². The SMILES string of the molecule is C=CC(=O)NCCc1nc2ccccc2n1CCOC. The maximum atomic E-state index is 11.2. The van der Waals surface area contributed by atoms with E-state index >= 15 is 0 Å². The third kappa shape index (κ3) is 3.24. The highest BCUT2D eigenvalue weighted by molar-refractivity contribution is 5.86. The zero-order valence-corrected chi connectivity index (χ0v) is 11.6. The van der Waals surface area contributed by atoms with Gasteiger partial charge in [-0.15, -0.1) is 0 Å². The minimum absolute atomic E-state index is 0.162. The predicted octanol–water partition coefficient (Wildman–Crippen LogP) is 1.53. The Morgan fingerprint density at radius 1 is 1.50 bits per heavy atom. The molecule has 0 saturated carbocycles. The Kier molecular flexibility index (Phi) is 4.90. The Labute approximate surface area is 118 Å². The third-order valence-corrected chi connectivity index (χ3v) is 3.09. The number of carbonyl (C=O) groups is 1. The second-order valence-corrected chi connectivity index (χ2v) is 4.41. The van der Waals surface area contributed by atoms with E-state index in [9.17, 15) is 4.79 Å². The molecule has 0 saturated heterocycles. The van der Waals surface area contributed by atoms with Crippen molar-refractivity contribution < 1.29 is 9.53 Å². The van der Waals surface area contributed by atoms with E-state index in [1.54, 1.807) is 7.11 Å². The van der Waals surface area contributed by atoms with Gasteiger partial charge in [0.25, 0.3) is 0 Å². The number of fused-ring (bicyclic) bond motifs is 1. The van der Waals surface area contributed by atoms with Crippen molar-refractivity contribution in [2.24, 2.45) is 0 Å². The minimum atomic E-state index is -0.162. The van der Waals surface area contributed by atoms with Crippen LogP contribution in [0.5, 0.6) is 0 Å². The zero-order valence-electron chi connectivity index (χ0n) is 11.6. The third-order valence-electron chi connectivity index (χ3n) is 3.09. The number of amides is 1. The summed E-state index contributed by atoms with van der Waals surface area (Å²) in [6.45, 7) is 5.36. The maximum absolute atomic E-state index is 11.2. The first kappa shape index (κ1) is 14.3. The standard InChI is InChI=1S/C15H19N3O2/c1-3-15(19)16-9-8-14-17-12-6-4-5-7-13(12)18(14)10-11-20-2/h3-7H,1,8-11H2,2H3,(H,16,19). The van der Waals surface area contributed by atoms with Crippen molar-refractivity contribution in [2.45, 2.75) is 13.0 Å². The highest BCUT2D eigenvalue weighted by Gasteiger charge is 2.10. The summed E-state index contributed by atoms with van der Waals surface area (Å²) in [5, 5.41) is 2.77. The molecule has 0 aliphatic rings. The molecule has 0 atom stereocenters. The van der Waals surface area contributed by atoms with Crippen LogP contribution >= 0.6 is 0 Å². The summed E-state index contributed by atoms with van der Waals surface area (Å²) < 4.78 is 7.29. The van der Waals surface area contributed by atoms with Crippen LogP contribution in [0.4, 0.5) is 0 Å². The van der Waals surface area contributed by atoms with Crippen molar-refractivity contribution in [3.63, 3.8) is 0 Å². The van der Waals surface area contributed by atoms with E-state index < -0.39 is 0 Å². The molecule has 0 spiro atoms. The van der Waals surface area contributed by atoms with Crippen molar-refractivity contribution in [3.05, 3.63) is 42.7 Å². The molecular weight excluding hydrogens is 254 g/mol. The quantitative estimate of drug-likeness (QED) is 0.778. The number of methoxy groups -OCH3 is 1. The average Bonchev–Trinajstić information content (AvgIpc) is 2.82. The largest absolute Gasteiger partial charge is 0.383 e. The molecule has 1 N–H and O–H groups in total. The lowest BCUT2D eigenvalue weighted by atomic mass is 10.3. The van der Waals surface area contributed by atoms with Gasteiger partial charge in [0.05, 0.1) is 17.6 Å². The Morgan fingerprint density at radius 3 is 3.05 bits per heavy atom. The number of aromatic nitrogens is 2. The first-order valence-electron chi connectivity index (χ1n) is 6.59. The lowest BCUT2D eigenvalue weighted by molar-refractivity contribution is -0.116. The van der Waals surface area contributed by atoms with Gasteiger partial charge in [0, 0.05) is 26.6 Å². The van der Waals surface area contributed by atoms with E-state index in [1.807, 2.05) is 24.3 Å². The molecule has 1 heterocycles. The van der Waals surface area contributed by atoms with Crippen molar-refractivity contribution in [1.82, 2.24) is 14.9 Å². The zero-order chi connectivity index (χ0) is 14.4. The van der Waals surface area contributed by atoms with Crippen LogP contribution in [0, 0.1) is 0 Å². The fourth-order valence-electron chi connectivity index (χ4n) is 2.12. The molecule has 0 unspecified atom stereocenters. The first-order chi connectivity index (χ1) is 9.76. The summed E-state index contributed by atoms with van der Waals surface area (Å²) in [6.07, 6.45) is 1.95.